The fourth-order valence-corrected chi connectivity index (χ4v) is 0.977. The fraction of sp³-hybridized carbons (Fsp3) is 0.889. The Hall–Kier alpha value is -0.610. The van der Waals surface area contributed by atoms with Gasteiger partial charge in [0.1, 0.15) is 0 Å². The number of nitrogens with zero attached hydrogens (tertiary/aromatic N) is 1. The lowest BCUT2D eigenvalue weighted by molar-refractivity contribution is -0.126. The quantitative estimate of drug-likeness (QED) is 0.615. The molecule has 1 unspecified atom stereocenters. The third kappa shape index (κ3) is 4.24. The molecule has 0 spiro atoms. The minimum absolute atomic E-state index is 0.0220. The molecule has 3 N–H and O–H groups in total. The summed E-state index contributed by atoms with van der Waals surface area (Å²) in [5, 5.41) is 2.68. The first-order valence-electron chi connectivity index (χ1n) is 4.64. The minimum atomic E-state index is -0.282. The Balaban J connectivity index is 4.09. The molecule has 0 aromatic carbocycles. The van der Waals surface area contributed by atoms with E-state index in [2.05, 4.69) is 19.2 Å². The van der Waals surface area contributed by atoms with Crippen molar-refractivity contribution in [2.45, 2.75) is 45.9 Å². The van der Waals surface area contributed by atoms with Crippen molar-refractivity contribution in [3.8, 4) is 0 Å². The number of carbonyl (C=O) groups is 1. The highest BCUT2D eigenvalue weighted by Crippen LogP contribution is 2.01. The summed E-state index contributed by atoms with van der Waals surface area (Å²) in [7, 11) is 1.93. The van der Waals surface area contributed by atoms with Crippen molar-refractivity contribution < 1.29 is 4.79 Å². The lowest BCUT2D eigenvalue weighted by atomic mass is 10.2. The van der Waals surface area contributed by atoms with Gasteiger partial charge in [-0.3, -0.25) is 9.69 Å². The summed E-state index contributed by atoms with van der Waals surface area (Å²) in [6, 6.07) is 0.222. The Morgan fingerprint density at radius 1 is 1.31 bits per heavy atom. The molecule has 0 heterocycles. The predicted octanol–water partition coefficient (Wildman–Crippen LogP) is 0.136. The maximum atomic E-state index is 11.5. The van der Waals surface area contributed by atoms with Crippen molar-refractivity contribution in [3.05, 3.63) is 0 Å². The van der Waals surface area contributed by atoms with Crippen LogP contribution in [0.25, 0.3) is 0 Å². The molecule has 1 amide bonds. The largest absolute Gasteiger partial charge is 0.340 e. The van der Waals surface area contributed by atoms with Crippen LogP contribution in [0.1, 0.15) is 27.7 Å². The third-order valence-electron chi connectivity index (χ3n) is 2.17. The van der Waals surface area contributed by atoms with E-state index in [1.165, 1.54) is 0 Å². The Morgan fingerprint density at radius 2 is 1.77 bits per heavy atom. The van der Waals surface area contributed by atoms with Crippen LogP contribution in [-0.2, 0) is 4.79 Å². The molecule has 13 heavy (non-hydrogen) atoms. The zero-order chi connectivity index (χ0) is 10.6. The highest BCUT2D eigenvalue weighted by molar-refractivity contribution is 5.81. The number of amides is 1. The topological polar surface area (TPSA) is 58.4 Å². The maximum absolute atomic E-state index is 11.5. The highest BCUT2D eigenvalue weighted by Gasteiger charge is 2.19. The number of carbonyl (C=O) groups excluding carboxylic acids is 1. The molecule has 0 aliphatic rings. The summed E-state index contributed by atoms with van der Waals surface area (Å²) < 4.78 is 0. The van der Waals surface area contributed by atoms with Gasteiger partial charge in [-0.05, 0) is 34.7 Å². The molecule has 0 radical (unpaired) electrons. The number of hydrogen-bond donors (Lipinski definition) is 2. The number of nitrogens with two attached hydrogens (primary N) is 1. The van der Waals surface area contributed by atoms with Crippen LogP contribution in [-0.4, -0.2) is 36.1 Å². The number of likely N-dealkylation sites (N-methyl/N-ethyl adjacent to an activating group) is 1. The maximum Gasteiger partial charge on any atom is 0.238 e. The van der Waals surface area contributed by atoms with Crippen molar-refractivity contribution in [2.75, 3.05) is 7.05 Å². The van der Waals surface area contributed by atoms with Crippen LogP contribution < -0.4 is 11.1 Å². The third-order valence-corrected chi connectivity index (χ3v) is 2.17. The summed E-state index contributed by atoms with van der Waals surface area (Å²) in [6.45, 7) is 7.73. The smallest absolute Gasteiger partial charge is 0.238 e. The van der Waals surface area contributed by atoms with Gasteiger partial charge in [-0.15, -0.1) is 0 Å². The molecule has 0 aromatic heterocycles. The molecule has 0 bridgehead atoms. The van der Waals surface area contributed by atoms with Crippen LogP contribution >= 0.6 is 0 Å². The molecular formula is C9H21N3O. The molecule has 0 rings (SSSR count). The normalized spacial score (nSPS) is 16.0. The van der Waals surface area contributed by atoms with E-state index in [0.717, 1.165) is 0 Å². The van der Waals surface area contributed by atoms with E-state index in [-0.39, 0.29) is 18.1 Å². The average molecular weight is 187 g/mol. The van der Waals surface area contributed by atoms with E-state index in [9.17, 15) is 4.79 Å². The monoisotopic (exact) mass is 187 g/mol. The van der Waals surface area contributed by atoms with E-state index in [1.54, 1.807) is 6.92 Å². The second-order valence-electron chi connectivity index (χ2n) is 3.73. The van der Waals surface area contributed by atoms with Crippen molar-refractivity contribution >= 4 is 5.91 Å². The number of nitrogens with one attached hydrogen (secondary N) is 1. The van der Waals surface area contributed by atoms with Gasteiger partial charge in [0, 0.05) is 6.04 Å². The average Bonchev–Trinajstić information content (AvgIpc) is 2.00. The molecule has 4 nitrogen and oxygen atoms in total. The van der Waals surface area contributed by atoms with Crippen LogP contribution in [0.4, 0.5) is 0 Å². The van der Waals surface area contributed by atoms with Gasteiger partial charge < -0.3 is 11.1 Å². The molecule has 0 saturated heterocycles. The Kier molecular flexibility index (Phi) is 4.95. The van der Waals surface area contributed by atoms with E-state index in [4.69, 9.17) is 5.73 Å². The van der Waals surface area contributed by atoms with Crippen molar-refractivity contribution in [1.29, 1.82) is 0 Å². The van der Waals surface area contributed by atoms with Gasteiger partial charge in [-0.1, -0.05) is 0 Å². The molecule has 0 saturated carbocycles. The van der Waals surface area contributed by atoms with Crippen LogP contribution in [0.5, 0.6) is 0 Å². The minimum Gasteiger partial charge on any atom is -0.340 e. The zero-order valence-electron chi connectivity index (χ0n) is 9.16. The first kappa shape index (κ1) is 12.4. The summed E-state index contributed by atoms with van der Waals surface area (Å²) in [6.07, 6.45) is -0.282. The van der Waals surface area contributed by atoms with E-state index in [0.29, 0.717) is 6.04 Å². The van der Waals surface area contributed by atoms with Gasteiger partial charge in [-0.2, -0.15) is 0 Å². The Bertz CT molecular complexity index is 168. The van der Waals surface area contributed by atoms with Gasteiger partial charge in [0.25, 0.3) is 0 Å². The van der Waals surface area contributed by atoms with Gasteiger partial charge in [0.15, 0.2) is 0 Å². The molecule has 0 aliphatic heterocycles. The lowest BCUT2D eigenvalue weighted by Crippen LogP contribution is -2.50. The van der Waals surface area contributed by atoms with Crippen molar-refractivity contribution in [2.24, 2.45) is 5.73 Å². The molecule has 2 atom stereocenters. The first-order valence-corrected chi connectivity index (χ1v) is 4.64. The number of hydrogen-bond acceptors (Lipinski definition) is 3. The van der Waals surface area contributed by atoms with Gasteiger partial charge >= 0.3 is 0 Å². The Labute approximate surface area is 80.5 Å². The zero-order valence-corrected chi connectivity index (χ0v) is 9.16. The molecule has 78 valence electrons. The number of rotatable bonds is 4. The highest BCUT2D eigenvalue weighted by atomic mass is 16.2. The predicted molar refractivity (Wildman–Crippen MR) is 54.2 cm³/mol. The van der Waals surface area contributed by atoms with Crippen molar-refractivity contribution in [1.82, 2.24) is 10.2 Å². The van der Waals surface area contributed by atoms with E-state index in [1.807, 2.05) is 18.9 Å². The molecule has 0 aliphatic carbocycles. The van der Waals surface area contributed by atoms with Crippen molar-refractivity contribution in [3.63, 3.8) is 0 Å². The molecule has 4 heteroatoms. The van der Waals surface area contributed by atoms with E-state index < -0.39 is 0 Å². The van der Waals surface area contributed by atoms with Crippen LogP contribution in [0.2, 0.25) is 0 Å². The summed E-state index contributed by atoms with van der Waals surface area (Å²) in [5.41, 5.74) is 5.46. The molecular weight excluding hydrogens is 166 g/mol. The van der Waals surface area contributed by atoms with Gasteiger partial charge in [0.2, 0.25) is 5.91 Å². The standard InChI is InChI=1S/C9H21N3O/c1-6(2)12(5)7(3)9(13)11-8(4)10/h6-8H,10H2,1-5H3,(H,11,13)/t7-,8?/m0/s1. The van der Waals surface area contributed by atoms with E-state index >= 15 is 0 Å². The van der Waals surface area contributed by atoms with Gasteiger partial charge in [0.05, 0.1) is 12.2 Å². The van der Waals surface area contributed by atoms with Crippen LogP contribution in [0.3, 0.4) is 0 Å². The second kappa shape index (κ2) is 5.19. The Morgan fingerprint density at radius 3 is 2.08 bits per heavy atom. The van der Waals surface area contributed by atoms with Crippen LogP contribution in [0, 0.1) is 0 Å². The summed E-state index contributed by atoms with van der Waals surface area (Å²) in [4.78, 5) is 13.5. The lowest BCUT2D eigenvalue weighted by Gasteiger charge is -2.27. The first-order chi connectivity index (χ1) is 5.86. The molecule has 0 aromatic rings. The molecule has 0 fully saturated rings. The van der Waals surface area contributed by atoms with Gasteiger partial charge in [-0.25, -0.2) is 0 Å². The summed E-state index contributed by atoms with van der Waals surface area (Å²) in [5.74, 6) is -0.0220. The fourth-order valence-electron chi connectivity index (χ4n) is 0.977. The SMILES string of the molecule is CC(N)NC(=O)[C@H](C)N(C)C(C)C. The second-order valence-corrected chi connectivity index (χ2v) is 3.73. The van der Waals surface area contributed by atoms with Crippen LogP contribution in [0.15, 0.2) is 0 Å². The summed E-state index contributed by atoms with van der Waals surface area (Å²) >= 11 is 0.